The van der Waals surface area contributed by atoms with Crippen molar-refractivity contribution in [3.05, 3.63) is 29.3 Å². The fourth-order valence-electron chi connectivity index (χ4n) is 2.66. The van der Waals surface area contributed by atoms with Gasteiger partial charge in [0.05, 0.1) is 0 Å². The average Bonchev–Trinajstić information content (AvgIpc) is 2.26. The smallest absolute Gasteiger partial charge is 0.0408 e. The summed E-state index contributed by atoms with van der Waals surface area (Å²) in [5.74, 6) is 1.33. The number of nitrogens with one attached hydrogen (secondary N) is 1. The van der Waals surface area contributed by atoms with Crippen LogP contribution in [0.2, 0.25) is 0 Å². The van der Waals surface area contributed by atoms with Crippen molar-refractivity contribution in [2.45, 2.75) is 47.0 Å². The predicted octanol–water partition coefficient (Wildman–Crippen LogP) is 4.44. The Bertz CT molecular complexity index is 398. The normalized spacial score (nSPS) is 20.0. The minimum atomic E-state index is 0.387. The maximum Gasteiger partial charge on any atom is 0.0408 e. The summed E-state index contributed by atoms with van der Waals surface area (Å²) in [6.07, 6.45) is 1.21. The molecule has 0 bridgehead atoms. The third-order valence-electron chi connectivity index (χ3n) is 4.02. The number of hydrogen-bond acceptors (Lipinski definition) is 1. The topological polar surface area (TPSA) is 12.0 Å². The molecule has 1 aromatic carbocycles. The molecule has 0 aromatic heterocycles. The zero-order valence-electron chi connectivity index (χ0n) is 11.8. The quantitative estimate of drug-likeness (QED) is 0.753. The lowest BCUT2D eigenvalue weighted by Gasteiger charge is -2.36. The van der Waals surface area contributed by atoms with Crippen LogP contribution in [0.5, 0.6) is 0 Å². The number of para-hydroxylation sites is 1. The van der Waals surface area contributed by atoms with Gasteiger partial charge in [-0.1, -0.05) is 52.8 Å². The zero-order chi connectivity index (χ0) is 12.6. The summed E-state index contributed by atoms with van der Waals surface area (Å²) < 4.78 is 0. The molecule has 1 N–H and O–H groups in total. The Balaban J connectivity index is 2.31. The van der Waals surface area contributed by atoms with Gasteiger partial charge in [-0.05, 0) is 34.8 Å². The lowest BCUT2D eigenvalue weighted by Crippen LogP contribution is -2.33. The number of anilines is 1. The second kappa shape index (κ2) is 4.36. The highest BCUT2D eigenvalue weighted by atomic mass is 14.9. The molecule has 1 heterocycles. The van der Waals surface area contributed by atoms with Crippen molar-refractivity contribution in [2.75, 3.05) is 11.9 Å². The van der Waals surface area contributed by atoms with Gasteiger partial charge in [-0.3, -0.25) is 0 Å². The molecule has 1 nitrogen and oxygen atoms in total. The Labute approximate surface area is 106 Å². The first kappa shape index (κ1) is 12.5. The summed E-state index contributed by atoms with van der Waals surface area (Å²) in [5, 5.41) is 3.67. The van der Waals surface area contributed by atoms with E-state index in [-0.39, 0.29) is 0 Å². The van der Waals surface area contributed by atoms with Gasteiger partial charge in [0.15, 0.2) is 0 Å². The molecule has 0 spiro atoms. The van der Waals surface area contributed by atoms with Crippen LogP contribution in [-0.2, 0) is 6.42 Å². The molecule has 0 fully saturated rings. The molecule has 1 aliphatic rings. The summed E-state index contributed by atoms with van der Waals surface area (Å²) in [4.78, 5) is 0. The van der Waals surface area contributed by atoms with E-state index in [1.807, 2.05) is 0 Å². The highest BCUT2D eigenvalue weighted by molar-refractivity contribution is 5.60. The van der Waals surface area contributed by atoms with Crippen LogP contribution in [0, 0.1) is 11.3 Å². The van der Waals surface area contributed by atoms with E-state index in [0.29, 0.717) is 11.3 Å². The molecule has 0 saturated carbocycles. The van der Waals surface area contributed by atoms with Crippen molar-refractivity contribution < 1.29 is 0 Å². The number of rotatable bonds is 1. The van der Waals surface area contributed by atoms with Crippen molar-refractivity contribution in [3.8, 4) is 0 Å². The Morgan fingerprint density at radius 3 is 2.53 bits per heavy atom. The molecule has 2 rings (SSSR count). The van der Waals surface area contributed by atoms with Gasteiger partial charge in [-0.15, -0.1) is 0 Å². The summed E-state index contributed by atoms with van der Waals surface area (Å²) in [5.41, 5.74) is 4.76. The molecule has 1 unspecified atom stereocenters. The van der Waals surface area contributed by atoms with Gasteiger partial charge in [0.25, 0.3) is 0 Å². The monoisotopic (exact) mass is 231 g/mol. The Morgan fingerprint density at radius 1 is 1.24 bits per heavy atom. The van der Waals surface area contributed by atoms with Crippen molar-refractivity contribution in [3.63, 3.8) is 0 Å². The average molecular weight is 231 g/mol. The summed E-state index contributed by atoms with van der Waals surface area (Å²) in [6.45, 7) is 12.7. The fourth-order valence-corrected chi connectivity index (χ4v) is 2.66. The van der Waals surface area contributed by atoms with Crippen molar-refractivity contribution in [1.82, 2.24) is 0 Å². The molecular weight excluding hydrogens is 206 g/mol. The van der Waals surface area contributed by atoms with Gasteiger partial charge in [0, 0.05) is 12.2 Å². The van der Waals surface area contributed by atoms with Crippen LogP contribution in [0.15, 0.2) is 18.2 Å². The molecule has 0 radical (unpaired) electrons. The fraction of sp³-hybridized carbons (Fsp3) is 0.625. The van der Waals surface area contributed by atoms with Gasteiger partial charge in [-0.2, -0.15) is 0 Å². The number of benzene rings is 1. The molecule has 1 aromatic rings. The Morgan fingerprint density at radius 2 is 1.94 bits per heavy atom. The van der Waals surface area contributed by atoms with E-state index in [1.54, 1.807) is 0 Å². The SMILES string of the molecule is CC(C)c1cccc2c1NCC(C(C)(C)C)C2. The van der Waals surface area contributed by atoms with Gasteiger partial charge in [-0.25, -0.2) is 0 Å². The number of hydrogen-bond donors (Lipinski definition) is 1. The highest BCUT2D eigenvalue weighted by Gasteiger charge is 2.29. The van der Waals surface area contributed by atoms with Gasteiger partial charge in [0.1, 0.15) is 0 Å². The molecule has 1 heteroatoms. The van der Waals surface area contributed by atoms with Crippen molar-refractivity contribution >= 4 is 5.69 Å². The minimum absolute atomic E-state index is 0.387. The molecule has 0 amide bonds. The molecular formula is C16H25N. The van der Waals surface area contributed by atoms with Crippen LogP contribution in [0.4, 0.5) is 5.69 Å². The maximum atomic E-state index is 3.67. The highest BCUT2D eigenvalue weighted by Crippen LogP contribution is 2.38. The second-order valence-electron chi connectivity index (χ2n) is 6.68. The van der Waals surface area contributed by atoms with E-state index in [4.69, 9.17) is 0 Å². The van der Waals surface area contributed by atoms with Gasteiger partial charge >= 0.3 is 0 Å². The second-order valence-corrected chi connectivity index (χ2v) is 6.68. The molecule has 0 aliphatic carbocycles. The van der Waals surface area contributed by atoms with E-state index in [0.717, 1.165) is 12.5 Å². The van der Waals surface area contributed by atoms with E-state index < -0.39 is 0 Å². The van der Waals surface area contributed by atoms with Crippen LogP contribution in [0.1, 0.15) is 51.7 Å². The molecule has 1 aliphatic heterocycles. The van der Waals surface area contributed by atoms with E-state index in [9.17, 15) is 0 Å². The van der Waals surface area contributed by atoms with Crippen LogP contribution in [-0.4, -0.2) is 6.54 Å². The Hall–Kier alpha value is -0.980. The molecule has 17 heavy (non-hydrogen) atoms. The van der Waals surface area contributed by atoms with Crippen LogP contribution in [0.3, 0.4) is 0 Å². The first-order valence-electron chi connectivity index (χ1n) is 6.75. The lowest BCUT2D eigenvalue weighted by atomic mass is 9.75. The largest absolute Gasteiger partial charge is 0.384 e. The van der Waals surface area contributed by atoms with Crippen molar-refractivity contribution in [2.24, 2.45) is 11.3 Å². The third kappa shape index (κ3) is 2.48. The zero-order valence-corrected chi connectivity index (χ0v) is 11.8. The van der Waals surface area contributed by atoms with Crippen molar-refractivity contribution in [1.29, 1.82) is 0 Å². The minimum Gasteiger partial charge on any atom is -0.384 e. The summed E-state index contributed by atoms with van der Waals surface area (Å²) >= 11 is 0. The molecule has 0 saturated heterocycles. The Kier molecular flexibility index (Phi) is 3.20. The van der Waals surface area contributed by atoms with E-state index in [1.165, 1.54) is 23.2 Å². The first-order chi connectivity index (χ1) is 7.89. The van der Waals surface area contributed by atoms with Crippen LogP contribution >= 0.6 is 0 Å². The van der Waals surface area contributed by atoms with Crippen LogP contribution < -0.4 is 5.32 Å². The molecule has 1 atom stereocenters. The summed E-state index contributed by atoms with van der Waals surface area (Å²) in [6, 6.07) is 6.75. The number of fused-ring (bicyclic) bond motifs is 1. The standard InChI is InChI=1S/C16H25N/c1-11(2)14-8-6-7-12-9-13(16(3,4)5)10-17-15(12)14/h6-8,11,13,17H,9-10H2,1-5H3. The van der Waals surface area contributed by atoms with Gasteiger partial charge < -0.3 is 5.32 Å². The van der Waals surface area contributed by atoms with E-state index >= 15 is 0 Å². The van der Waals surface area contributed by atoms with E-state index in [2.05, 4.69) is 58.1 Å². The molecule has 94 valence electrons. The first-order valence-corrected chi connectivity index (χ1v) is 6.75. The third-order valence-corrected chi connectivity index (χ3v) is 4.02. The maximum absolute atomic E-state index is 3.67. The predicted molar refractivity (Wildman–Crippen MR) is 75.7 cm³/mol. The van der Waals surface area contributed by atoms with Crippen LogP contribution in [0.25, 0.3) is 0 Å². The van der Waals surface area contributed by atoms with Gasteiger partial charge in [0.2, 0.25) is 0 Å². The summed E-state index contributed by atoms with van der Waals surface area (Å²) in [7, 11) is 0. The lowest BCUT2D eigenvalue weighted by molar-refractivity contribution is 0.247.